The van der Waals surface area contributed by atoms with Crippen molar-refractivity contribution in [3.8, 4) is 0 Å². The van der Waals surface area contributed by atoms with Gasteiger partial charge < -0.3 is 4.90 Å². The van der Waals surface area contributed by atoms with E-state index in [2.05, 4.69) is 10.1 Å². The van der Waals surface area contributed by atoms with Crippen LogP contribution in [0.3, 0.4) is 0 Å². The van der Waals surface area contributed by atoms with Gasteiger partial charge in [-0.25, -0.2) is 4.98 Å². The lowest BCUT2D eigenvalue weighted by Gasteiger charge is -2.35. The normalized spacial score (nSPS) is 21.6. The van der Waals surface area contributed by atoms with Crippen molar-refractivity contribution in [1.29, 1.82) is 0 Å². The Hall–Kier alpha value is -1.69. The van der Waals surface area contributed by atoms with Gasteiger partial charge in [-0.15, -0.1) is 11.3 Å². The first-order valence-corrected chi connectivity index (χ1v) is 9.34. The van der Waals surface area contributed by atoms with Gasteiger partial charge in [-0.2, -0.15) is 5.10 Å². The van der Waals surface area contributed by atoms with E-state index in [0.29, 0.717) is 11.6 Å². The highest BCUT2D eigenvalue weighted by Gasteiger charge is 2.31. The van der Waals surface area contributed by atoms with Gasteiger partial charge >= 0.3 is 0 Å². The van der Waals surface area contributed by atoms with Crippen LogP contribution in [0, 0.1) is 6.92 Å². The highest BCUT2D eigenvalue weighted by molar-refractivity contribution is 7.10. The minimum Gasteiger partial charge on any atom is -0.332 e. The van der Waals surface area contributed by atoms with Crippen LogP contribution >= 0.6 is 11.3 Å². The minimum absolute atomic E-state index is 0.0988. The largest absolute Gasteiger partial charge is 0.332 e. The molecule has 3 heterocycles. The lowest BCUT2D eigenvalue weighted by molar-refractivity contribution is 0.0578. The minimum atomic E-state index is 0.0988. The van der Waals surface area contributed by atoms with Crippen LogP contribution < -0.4 is 0 Å². The summed E-state index contributed by atoms with van der Waals surface area (Å²) in [5.74, 6) is 0.715. The first-order valence-electron chi connectivity index (χ1n) is 8.46. The zero-order chi connectivity index (χ0) is 15.8. The van der Waals surface area contributed by atoms with Crippen LogP contribution in [0.1, 0.15) is 59.1 Å². The van der Waals surface area contributed by atoms with Gasteiger partial charge in [0.25, 0.3) is 5.91 Å². The molecule has 2 aliphatic rings. The van der Waals surface area contributed by atoms with Crippen molar-refractivity contribution in [3.05, 3.63) is 34.0 Å². The summed E-state index contributed by atoms with van der Waals surface area (Å²) in [6.07, 6.45) is 9.68. The van der Waals surface area contributed by atoms with Gasteiger partial charge in [0, 0.05) is 24.0 Å². The second-order valence-electron chi connectivity index (χ2n) is 6.73. The van der Waals surface area contributed by atoms with Crippen LogP contribution in [0.15, 0.2) is 17.8 Å². The first kappa shape index (κ1) is 14.9. The molecule has 6 heteroatoms. The molecule has 1 unspecified atom stereocenters. The summed E-state index contributed by atoms with van der Waals surface area (Å²) in [4.78, 5) is 19.5. The number of aromatic nitrogens is 3. The average Bonchev–Trinajstić information content (AvgIpc) is 3.15. The van der Waals surface area contributed by atoms with Crippen molar-refractivity contribution < 1.29 is 4.79 Å². The number of amides is 1. The molecule has 5 nitrogen and oxygen atoms in total. The van der Waals surface area contributed by atoms with Crippen molar-refractivity contribution in [2.75, 3.05) is 6.54 Å². The van der Waals surface area contributed by atoms with Crippen molar-refractivity contribution >= 4 is 17.2 Å². The molecule has 1 saturated heterocycles. The Morgan fingerprint density at radius 3 is 2.96 bits per heavy atom. The molecule has 2 aromatic heterocycles. The summed E-state index contributed by atoms with van der Waals surface area (Å²) in [5.41, 5.74) is 1.80. The number of carbonyl (C=O) groups excluding carboxylic acids is 1. The summed E-state index contributed by atoms with van der Waals surface area (Å²) in [6, 6.07) is 0.224. The van der Waals surface area contributed by atoms with E-state index in [1.54, 1.807) is 11.3 Å². The molecule has 23 heavy (non-hydrogen) atoms. The molecule has 122 valence electrons. The maximum Gasteiger partial charge on any atom is 0.273 e. The van der Waals surface area contributed by atoms with E-state index in [-0.39, 0.29) is 11.9 Å². The molecule has 0 N–H and O–H groups in total. The number of piperidine rings is 1. The summed E-state index contributed by atoms with van der Waals surface area (Å²) in [6.45, 7) is 3.65. The highest BCUT2D eigenvalue weighted by atomic mass is 32.1. The quantitative estimate of drug-likeness (QED) is 0.865. The van der Waals surface area contributed by atoms with E-state index in [4.69, 9.17) is 0 Å². The van der Waals surface area contributed by atoms with E-state index in [1.807, 2.05) is 34.3 Å². The van der Waals surface area contributed by atoms with E-state index in [1.165, 1.54) is 19.3 Å². The third kappa shape index (κ3) is 3.17. The molecule has 2 aromatic rings. The fraction of sp³-hybridized carbons (Fsp3) is 0.588. The van der Waals surface area contributed by atoms with Gasteiger partial charge in [-0.3, -0.25) is 9.48 Å². The van der Waals surface area contributed by atoms with E-state index >= 15 is 0 Å². The molecule has 0 aromatic carbocycles. The van der Waals surface area contributed by atoms with Crippen LogP contribution in [-0.2, 0) is 6.54 Å². The van der Waals surface area contributed by atoms with E-state index in [9.17, 15) is 4.79 Å². The Kier molecular flexibility index (Phi) is 3.93. The average molecular weight is 330 g/mol. The van der Waals surface area contributed by atoms with Crippen molar-refractivity contribution in [2.45, 2.75) is 57.5 Å². The standard InChI is InChI=1S/C17H22N4OS/c1-12-8-18-20(9-12)10-14-4-2-3-7-21(14)17(22)15-11-23-16(19-15)13-5-6-13/h8-9,11,13-14H,2-7,10H2,1H3. The predicted octanol–water partition coefficient (Wildman–Crippen LogP) is 3.22. The molecule has 4 rings (SSSR count). The molecule has 1 aliphatic carbocycles. The number of rotatable bonds is 4. The second-order valence-corrected chi connectivity index (χ2v) is 7.62. The van der Waals surface area contributed by atoms with Gasteiger partial charge in [0.2, 0.25) is 0 Å². The molecule has 1 atom stereocenters. The molecule has 1 saturated carbocycles. The monoisotopic (exact) mass is 330 g/mol. The zero-order valence-electron chi connectivity index (χ0n) is 13.4. The van der Waals surface area contributed by atoms with Gasteiger partial charge in [0.05, 0.1) is 23.8 Å². The summed E-state index contributed by atoms with van der Waals surface area (Å²) in [7, 11) is 0. The molecule has 1 amide bonds. The van der Waals surface area contributed by atoms with Crippen LogP contribution in [-0.4, -0.2) is 38.2 Å². The molecule has 2 fully saturated rings. The highest BCUT2D eigenvalue weighted by Crippen LogP contribution is 2.41. The van der Waals surface area contributed by atoms with Gasteiger partial charge in [-0.1, -0.05) is 0 Å². The number of nitrogens with zero attached hydrogens (tertiary/aromatic N) is 4. The molecule has 0 radical (unpaired) electrons. The van der Waals surface area contributed by atoms with Gasteiger partial charge in [0.15, 0.2) is 0 Å². The topological polar surface area (TPSA) is 51.0 Å². The lowest BCUT2D eigenvalue weighted by atomic mass is 10.0. The van der Waals surface area contributed by atoms with Crippen LogP contribution in [0.4, 0.5) is 0 Å². The Balaban J connectivity index is 1.50. The van der Waals surface area contributed by atoms with Crippen LogP contribution in [0.25, 0.3) is 0 Å². The fourth-order valence-electron chi connectivity index (χ4n) is 3.29. The van der Waals surface area contributed by atoms with Crippen LogP contribution in [0.2, 0.25) is 0 Å². The molecule has 0 bridgehead atoms. The van der Waals surface area contributed by atoms with Crippen molar-refractivity contribution in [3.63, 3.8) is 0 Å². The first-order chi connectivity index (χ1) is 11.2. The van der Waals surface area contributed by atoms with E-state index in [0.717, 1.165) is 36.5 Å². The summed E-state index contributed by atoms with van der Waals surface area (Å²) >= 11 is 1.64. The van der Waals surface area contributed by atoms with Crippen LogP contribution in [0.5, 0.6) is 0 Å². The molecular formula is C17H22N4OS. The summed E-state index contributed by atoms with van der Waals surface area (Å²) < 4.78 is 1.96. The number of aryl methyl sites for hydroxylation is 1. The molecular weight excluding hydrogens is 308 g/mol. The van der Waals surface area contributed by atoms with Gasteiger partial charge in [-0.05, 0) is 44.6 Å². The third-order valence-electron chi connectivity index (χ3n) is 4.72. The summed E-state index contributed by atoms with van der Waals surface area (Å²) in [5, 5.41) is 7.46. The number of thiazole rings is 1. The lowest BCUT2D eigenvalue weighted by Crippen LogP contribution is -2.46. The van der Waals surface area contributed by atoms with Crippen molar-refractivity contribution in [1.82, 2.24) is 19.7 Å². The third-order valence-corrected chi connectivity index (χ3v) is 5.72. The Morgan fingerprint density at radius 1 is 1.35 bits per heavy atom. The number of hydrogen-bond acceptors (Lipinski definition) is 4. The maximum atomic E-state index is 12.9. The number of likely N-dealkylation sites (tertiary alicyclic amines) is 1. The number of carbonyl (C=O) groups is 1. The van der Waals surface area contributed by atoms with E-state index < -0.39 is 0 Å². The molecule has 1 aliphatic heterocycles. The second kappa shape index (κ2) is 6.07. The SMILES string of the molecule is Cc1cnn(CC2CCCCN2C(=O)c2csc(C3CC3)n2)c1. The Morgan fingerprint density at radius 2 is 2.22 bits per heavy atom. The predicted molar refractivity (Wildman–Crippen MR) is 89.7 cm³/mol. The smallest absolute Gasteiger partial charge is 0.273 e. The molecule has 0 spiro atoms. The maximum absolute atomic E-state index is 12.9. The van der Waals surface area contributed by atoms with Gasteiger partial charge in [0.1, 0.15) is 5.69 Å². The fourth-order valence-corrected chi connectivity index (χ4v) is 4.26. The Labute approximate surface area is 140 Å². The number of hydrogen-bond donors (Lipinski definition) is 0. The Bertz CT molecular complexity index is 703. The van der Waals surface area contributed by atoms with Crippen molar-refractivity contribution in [2.24, 2.45) is 0 Å². The zero-order valence-corrected chi connectivity index (χ0v) is 14.3.